The van der Waals surface area contributed by atoms with Gasteiger partial charge in [0.2, 0.25) is 10.0 Å². The summed E-state index contributed by atoms with van der Waals surface area (Å²) in [4.78, 5) is 11.2. The van der Waals surface area contributed by atoms with Gasteiger partial charge in [0.05, 0.1) is 19.9 Å². The van der Waals surface area contributed by atoms with Crippen molar-refractivity contribution in [2.24, 2.45) is 0 Å². The molecule has 1 heterocycles. The second kappa shape index (κ2) is 4.91. The van der Waals surface area contributed by atoms with Crippen molar-refractivity contribution in [1.82, 2.24) is 4.31 Å². The molecule has 0 aromatic carbocycles. The van der Waals surface area contributed by atoms with Crippen molar-refractivity contribution >= 4 is 16.0 Å². The molecule has 0 amide bonds. The first-order chi connectivity index (χ1) is 6.95. The number of sulfonamides is 1. The minimum absolute atomic E-state index is 0.0332. The Balaban J connectivity index is 2.74. The van der Waals surface area contributed by atoms with Crippen LogP contribution in [-0.4, -0.2) is 57.9 Å². The Bertz CT molecular complexity index is 326. The van der Waals surface area contributed by atoms with Gasteiger partial charge < -0.3 is 9.47 Å². The average Bonchev–Trinajstić information content (AvgIpc) is 2.40. The van der Waals surface area contributed by atoms with Gasteiger partial charge in [0.25, 0.3) is 0 Å². The van der Waals surface area contributed by atoms with Gasteiger partial charge in [-0.15, -0.1) is 0 Å². The molecule has 1 aliphatic rings. The maximum atomic E-state index is 11.3. The average molecular weight is 237 g/mol. The van der Waals surface area contributed by atoms with E-state index < -0.39 is 22.1 Å². The number of hydrogen-bond donors (Lipinski definition) is 0. The highest BCUT2D eigenvalue weighted by atomic mass is 32.2. The molecule has 0 spiro atoms. The summed E-state index contributed by atoms with van der Waals surface area (Å²) in [6.07, 6.45) is 0.889. The summed E-state index contributed by atoms with van der Waals surface area (Å²) in [6.45, 7) is 0.781. The minimum Gasteiger partial charge on any atom is -0.467 e. The number of methoxy groups -OCH3 is 1. The van der Waals surface area contributed by atoms with Crippen LogP contribution < -0.4 is 0 Å². The predicted octanol–water partition coefficient (Wildman–Crippen LogP) is -0.790. The fourth-order valence-electron chi connectivity index (χ4n) is 1.37. The van der Waals surface area contributed by atoms with Crippen molar-refractivity contribution in [3.8, 4) is 0 Å². The molecule has 0 aliphatic carbocycles. The number of carbonyl (C=O) groups excluding carboxylic acids is 1. The van der Waals surface area contributed by atoms with Gasteiger partial charge in [-0.2, -0.15) is 4.31 Å². The largest absolute Gasteiger partial charge is 0.467 e. The summed E-state index contributed by atoms with van der Waals surface area (Å²) in [5, 5.41) is 0. The van der Waals surface area contributed by atoms with Gasteiger partial charge in [-0.3, -0.25) is 0 Å². The van der Waals surface area contributed by atoms with Crippen molar-refractivity contribution in [1.29, 1.82) is 0 Å². The fourth-order valence-corrected chi connectivity index (χ4v) is 2.24. The topological polar surface area (TPSA) is 72.9 Å². The fraction of sp³-hybridized carbons (Fsp3) is 0.875. The van der Waals surface area contributed by atoms with E-state index in [1.165, 1.54) is 11.4 Å². The van der Waals surface area contributed by atoms with Crippen LogP contribution in [0.4, 0.5) is 0 Å². The number of esters is 1. The maximum Gasteiger partial charge on any atom is 0.336 e. The molecule has 1 saturated heterocycles. The third kappa shape index (κ3) is 3.44. The van der Waals surface area contributed by atoms with E-state index in [1.807, 2.05) is 0 Å². The van der Waals surface area contributed by atoms with Gasteiger partial charge in [-0.25, -0.2) is 13.2 Å². The predicted molar refractivity (Wildman–Crippen MR) is 52.8 cm³/mol. The third-order valence-electron chi connectivity index (χ3n) is 2.17. The molecule has 7 heteroatoms. The number of rotatable bonds is 2. The van der Waals surface area contributed by atoms with Crippen LogP contribution in [0.25, 0.3) is 0 Å². The molecule has 1 atom stereocenters. The molecular formula is C8H15NO5S. The summed E-state index contributed by atoms with van der Waals surface area (Å²) in [7, 11) is -2.03. The van der Waals surface area contributed by atoms with Crippen LogP contribution in [0.3, 0.4) is 0 Å². The standard InChI is InChI=1S/C8H15NO5S/c1-13-8(10)7-6-9(15(2,11)12)4-3-5-14-7/h7H,3-6H2,1-2H3. The van der Waals surface area contributed by atoms with Crippen LogP contribution in [-0.2, 0) is 24.3 Å². The second-order valence-electron chi connectivity index (χ2n) is 3.36. The molecular weight excluding hydrogens is 222 g/mol. The first-order valence-electron chi connectivity index (χ1n) is 4.59. The Hall–Kier alpha value is -0.660. The number of carbonyl (C=O) groups is 1. The molecule has 1 fully saturated rings. The molecule has 15 heavy (non-hydrogen) atoms. The zero-order valence-corrected chi connectivity index (χ0v) is 9.62. The Morgan fingerprint density at radius 3 is 2.73 bits per heavy atom. The van der Waals surface area contributed by atoms with Gasteiger partial charge in [0.15, 0.2) is 6.10 Å². The lowest BCUT2D eigenvalue weighted by Gasteiger charge is -2.19. The van der Waals surface area contributed by atoms with Crippen LogP contribution in [0.15, 0.2) is 0 Å². The summed E-state index contributed by atoms with van der Waals surface area (Å²) in [5.41, 5.74) is 0. The third-order valence-corrected chi connectivity index (χ3v) is 3.44. The van der Waals surface area contributed by atoms with E-state index in [2.05, 4.69) is 4.74 Å². The molecule has 88 valence electrons. The normalized spacial score (nSPS) is 24.5. The SMILES string of the molecule is COC(=O)C1CN(S(C)(=O)=O)CCCO1. The van der Waals surface area contributed by atoms with Gasteiger partial charge in [-0.1, -0.05) is 0 Å². The van der Waals surface area contributed by atoms with E-state index in [0.29, 0.717) is 19.6 Å². The van der Waals surface area contributed by atoms with E-state index >= 15 is 0 Å². The van der Waals surface area contributed by atoms with Crippen molar-refractivity contribution in [2.75, 3.05) is 33.1 Å². The Morgan fingerprint density at radius 2 is 2.20 bits per heavy atom. The van der Waals surface area contributed by atoms with Gasteiger partial charge in [0, 0.05) is 13.2 Å². The molecule has 0 aromatic heterocycles. The molecule has 1 rings (SSSR count). The molecule has 0 aromatic rings. The molecule has 1 aliphatic heterocycles. The number of hydrogen-bond acceptors (Lipinski definition) is 5. The van der Waals surface area contributed by atoms with Crippen LogP contribution in [0.2, 0.25) is 0 Å². The van der Waals surface area contributed by atoms with Crippen LogP contribution in [0.5, 0.6) is 0 Å². The van der Waals surface area contributed by atoms with E-state index in [1.54, 1.807) is 0 Å². The van der Waals surface area contributed by atoms with Gasteiger partial charge in [-0.05, 0) is 6.42 Å². The van der Waals surface area contributed by atoms with E-state index in [0.717, 1.165) is 6.26 Å². The molecule has 6 nitrogen and oxygen atoms in total. The quantitative estimate of drug-likeness (QED) is 0.588. The van der Waals surface area contributed by atoms with Crippen LogP contribution >= 0.6 is 0 Å². The lowest BCUT2D eigenvalue weighted by molar-refractivity contribution is -0.153. The highest BCUT2D eigenvalue weighted by molar-refractivity contribution is 7.88. The van der Waals surface area contributed by atoms with Crippen molar-refractivity contribution in [3.05, 3.63) is 0 Å². The van der Waals surface area contributed by atoms with Gasteiger partial charge >= 0.3 is 5.97 Å². The minimum atomic E-state index is -3.28. The first kappa shape index (κ1) is 12.4. The Morgan fingerprint density at radius 1 is 1.53 bits per heavy atom. The molecule has 0 saturated carbocycles. The van der Waals surface area contributed by atoms with E-state index in [-0.39, 0.29) is 6.54 Å². The smallest absolute Gasteiger partial charge is 0.336 e. The van der Waals surface area contributed by atoms with Crippen molar-refractivity contribution in [2.45, 2.75) is 12.5 Å². The van der Waals surface area contributed by atoms with Crippen molar-refractivity contribution in [3.63, 3.8) is 0 Å². The summed E-state index contributed by atoms with van der Waals surface area (Å²) >= 11 is 0. The first-order valence-corrected chi connectivity index (χ1v) is 6.44. The van der Waals surface area contributed by atoms with Crippen LogP contribution in [0, 0.1) is 0 Å². The number of ether oxygens (including phenoxy) is 2. The van der Waals surface area contributed by atoms with E-state index in [4.69, 9.17) is 4.74 Å². The van der Waals surface area contributed by atoms with Crippen LogP contribution in [0.1, 0.15) is 6.42 Å². The van der Waals surface area contributed by atoms with E-state index in [9.17, 15) is 13.2 Å². The zero-order chi connectivity index (χ0) is 11.5. The lowest BCUT2D eigenvalue weighted by Crippen LogP contribution is -2.40. The number of nitrogens with zero attached hydrogens (tertiary/aromatic N) is 1. The summed E-state index contributed by atoms with van der Waals surface area (Å²) < 4.78 is 33.6. The molecule has 0 bridgehead atoms. The molecule has 1 unspecified atom stereocenters. The molecule has 0 radical (unpaired) electrons. The monoisotopic (exact) mass is 237 g/mol. The molecule has 0 N–H and O–H groups in total. The zero-order valence-electron chi connectivity index (χ0n) is 8.80. The second-order valence-corrected chi connectivity index (χ2v) is 5.34. The highest BCUT2D eigenvalue weighted by Gasteiger charge is 2.29. The lowest BCUT2D eigenvalue weighted by atomic mass is 10.3. The summed E-state index contributed by atoms with van der Waals surface area (Å²) in [5.74, 6) is -0.537. The Labute approximate surface area is 89.2 Å². The van der Waals surface area contributed by atoms with Crippen molar-refractivity contribution < 1.29 is 22.7 Å². The Kier molecular flexibility index (Phi) is 4.06. The highest BCUT2D eigenvalue weighted by Crippen LogP contribution is 2.10. The maximum absolute atomic E-state index is 11.3. The summed E-state index contributed by atoms with van der Waals surface area (Å²) in [6, 6.07) is 0. The van der Waals surface area contributed by atoms with Gasteiger partial charge in [0.1, 0.15) is 0 Å².